The van der Waals surface area contributed by atoms with Crippen LogP contribution < -0.4 is 5.73 Å². The standard InChI is InChI=1S/C12H15NO/c1-7-3-8(2)10-5-9(6-13)12(14)11(10)4-7/h3-4,9H,5-6,13H2,1-2H3. The molecule has 0 heterocycles. The molecule has 1 unspecified atom stereocenters. The first-order valence-corrected chi connectivity index (χ1v) is 4.98. The predicted molar refractivity (Wildman–Crippen MR) is 56.5 cm³/mol. The summed E-state index contributed by atoms with van der Waals surface area (Å²) in [6.07, 6.45) is 0.830. The summed E-state index contributed by atoms with van der Waals surface area (Å²) in [6, 6.07) is 4.12. The Morgan fingerprint density at radius 1 is 1.43 bits per heavy atom. The Labute approximate surface area is 84.1 Å². The van der Waals surface area contributed by atoms with E-state index in [1.54, 1.807) is 0 Å². The minimum absolute atomic E-state index is 0.0190. The van der Waals surface area contributed by atoms with Gasteiger partial charge < -0.3 is 5.73 Å². The highest BCUT2D eigenvalue weighted by atomic mass is 16.1. The lowest BCUT2D eigenvalue weighted by Crippen LogP contribution is -2.19. The lowest BCUT2D eigenvalue weighted by atomic mass is 10.0. The van der Waals surface area contributed by atoms with E-state index in [1.807, 2.05) is 13.0 Å². The molecule has 1 aromatic rings. The maximum Gasteiger partial charge on any atom is 0.167 e. The fourth-order valence-electron chi connectivity index (χ4n) is 2.24. The van der Waals surface area contributed by atoms with E-state index in [9.17, 15) is 4.79 Å². The summed E-state index contributed by atoms with van der Waals surface area (Å²) >= 11 is 0. The van der Waals surface area contributed by atoms with Crippen LogP contribution in [0, 0.1) is 19.8 Å². The molecule has 0 fully saturated rings. The maximum absolute atomic E-state index is 11.9. The largest absolute Gasteiger partial charge is 0.330 e. The van der Waals surface area contributed by atoms with Gasteiger partial charge in [0.1, 0.15) is 0 Å². The summed E-state index contributed by atoms with van der Waals surface area (Å²) < 4.78 is 0. The molecule has 2 rings (SSSR count). The van der Waals surface area contributed by atoms with Crippen molar-refractivity contribution in [1.29, 1.82) is 0 Å². The van der Waals surface area contributed by atoms with Gasteiger partial charge in [0.05, 0.1) is 0 Å². The second-order valence-electron chi connectivity index (χ2n) is 4.11. The van der Waals surface area contributed by atoms with Crippen molar-refractivity contribution in [3.63, 3.8) is 0 Å². The van der Waals surface area contributed by atoms with Crippen LogP contribution in [0.2, 0.25) is 0 Å². The maximum atomic E-state index is 11.9. The molecule has 0 radical (unpaired) electrons. The molecule has 1 aliphatic rings. The van der Waals surface area contributed by atoms with Crippen molar-refractivity contribution in [3.05, 3.63) is 34.4 Å². The van der Waals surface area contributed by atoms with Gasteiger partial charge in [-0.15, -0.1) is 0 Å². The van der Waals surface area contributed by atoms with Gasteiger partial charge in [0.25, 0.3) is 0 Å². The number of hydrogen-bond donors (Lipinski definition) is 1. The molecule has 2 nitrogen and oxygen atoms in total. The second-order valence-corrected chi connectivity index (χ2v) is 4.11. The van der Waals surface area contributed by atoms with E-state index in [0.29, 0.717) is 6.54 Å². The van der Waals surface area contributed by atoms with E-state index in [4.69, 9.17) is 5.73 Å². The number of ketones is 1. The highest BCUT2D eigenvalue weighted by Crippen LogP contribution is 2.29. The average Bonchev–Trinajstić information content (AvgIpc) is 2.44. The van der Waals surface area contributed by atoms with Crippen molar-refractivity contribution in [2.45, 2.75) is 20.3 Å². The third kappa shape index (κ3) is 1.26. The number of fused-ring (bicyclic) bond motifs is 1. The molecule has 0 aromatic heterocycles. The monoisotopic (exact) mass is 189 g/mol. The molecule has 2 N–H and O–H groups in total. The quantitative estimate of drug-likeness (QED) is 0.729. The zero-order valence-electron chi connectivity index (χ0n) is 8.63. The molecule has 0 amide bonds. The first-order chi connectivity index (χ1) is 6.63. The number of nitrogens with two attached hydrogens (primary N) is 1. The first-order valence-electron chi connectivity index (χ1n) is 4.98. The van der Waals surface area contributed by atoms with Crippen molar-refractivity contribution >= 4 is 5.78 Å². The smallest absolute Gasteiger partial charge is 0.167 e. The minimum Gasteiger partial charge on any atom is -0.330 e. The topological polar surface area (TPSA) is 43.1 Å². The minimum atomic E-state index is 0.0190. The summed E-state index contributed by atoms with van der Waals surface area (Å²) in [5.41, 5.74) is 10.1. The zero-order chi connectivity index (χ0) is 10.3. The molecule has 0 spiro atoms. The van der Waals surface area contributed by atoms with Crippen LogP contribution in [0.4, 0.5) is 0 Å². The molecule has 1 aromatic carbocycles. The van der Waals surface area contributed by atoms with Crippen molar-refractivity contribution in [1.82, 2.24) is 0 Å². The Bertz CT molecular complexity index is 396. The second kappa shape index (κ2) is 3.21. The molecule has 1 aliphatic carbocycles. The number of aryl methyl sites for hydroxylation is 2. The van der Waals surface area contributed by atoms with Gasteiger partial charge in [0.2, 0.25) is 0 Å². The summed E-state index contributed by atoms with van der Waals surface area (Å²) in [7, 11) is 0. The van der Waals surface area contributed by atoms with E-state index in [1.165, 1.54) is 11.1 Å². The summed E-state index contributed by atoms with van der Waals surface area (Å²) in [4.78, 5) is 11.9. The van der Waals surface area contributed by atoms with E-state index in [0.717, 1.165) is 17.5 Å². The van der Waals surface area contributed by atoms with Crippen LogP contribution in [0.25, 0.3) is 0 Å². The fourth-order valence-corrected chi connectivity index (χ4v) is 2.24. The number of carbonyl (C=O) groups is 1. The number of hydrogen-bond acceptors (Lipinski definition) is 2. The van der Waals surface area contributed by atoms with Gasteiger partial charge in [-0.1, -0.05) is 11.6 Å². The summed E-state index contributed by atoms with van der Waals surface area (Å²) in [5.74, 6) is 0.250. The number of Topliss-reactive ketones (excluding diaryl/α,β-unsaturated/α-hetero) is 1. The molecular weight excluding hydrogens is 174 g/mol. The first kappa shape index (κ1) is 9.41. The molecular formula is C12H15NO. The van der Waals surface area contributed by atoms with Crippen LogP contribution in [0.5, 0.6) is 0 Å². The SMILES string of the molecule is Cc1cc(C)c2c(c1)C(=O)C(CN)C2. The Kier molecular flexibility index (Phi) is 2.16. The van der Waals surface area contributed by atoms with Crippen LogP contribution in [-0.2, 0) is 6.42 Å². The van der Waals surface area contributed by atoms with E-state index >= 15 is 0 Å². The normalized spacial score (nSPS) is 19.9. The van der Waals surface area contributed by atoms with Crippen molar-refractivity contribution in [2.24, 2.45) is 11.7 Å². The van der Waals surface area contributed by atoms with Crippen LogP contribution >= 0.6 is 0 Å². The zero-order valence-corrected chi connectivity index (χ0v) is 8.63. The Morgan fingerprint density at radius 2 is 2.14 bits per heavy atom. The lowest BCUT2D eigenvalue weighted by molar-refractivity contribution is 0.0941. The Morgan fingerprint density at radius 3 is 2.79 bits per heavy atom. The van der Waals surface area contributed by atoms with Crippen LogP contribution in [0.1, 0.15) is 27.0 Å². The molecule has 2 heteroatoms. The van der Waals surface area contributed by atoms with Gasteiger partial charge >= 0.3 is 0 Å². The molecule has 0 bridgehead atoms. The van der Waals surface area contributed by atoms with Crippen LogP contribution in [0.3, 0.4) is 0 Å². The third-order valence-corrected chi connectivity index (χ3v) is 2.99. The third-order valence-electron chi connectivity index (χ3n) is 2.99. The molecule has 0 aliphatic heterocycles. The van der Waals surface area contributed by atoms with E-state index in [-0.39, 0.29) is 11.7 Å². The lowest BCUT2D eigenvalue weighted by Gasteiger charge is -2.03. The molecule has 14 heavy (non-hydrogen) atoms. The van der Waals surface area contributed by atoms with Gasteiger partial charge in [0.15, 0.2) is 5.78 Å². The van der Waals surface area contributed by atoms with E-state index < -0.39 is 0 Å². The van der Waals surface area contributed by atoms with E-state index in [2.05, 4.69) is 13.0 Å². The van der Waals surface area contributed by atoms with Crippen molar-refractivity contribution in [2.75, 3.05) is 6.54 Å². The summed E-state index contributed by atoms with van der Waals surface area (Å²) in [5, 5.41) is 0. The summed E-state index contributed by atoms with van der Waals surface area (Å²) in [6.45, 7) is 4.56. The van der Waals surface area contributed by atoms with Crippen molar-refractivity contribution in [3.8, 4) is 0 Å². The average molecular weight is 189 g/mol. The van der Waals surface area contributed by atoms with Gasteiger partial charge in [0, 0.05) is 18.0 Å². The number of rotatable bonds is 1. The molecule has 0 saturated carbocycles. The van der Waals surface area contributed by atoms with Crippen LogP contribution in [0.15, 0.2) is 12.1 Å². The number of carbonyl (C=O) groups excluding carboxylic acids is 1. The predicted octanol–water partition coefficient (Wildman–Crippen LogP) is 1.62. The van der Waals surface area contributed by atoms with Gasteiger partial charge in [-0.05, 0) is 37.5 Å². The fraction of sp³-hybridized carbons (Fsp3) is 0.417. The molecule has 0 saturated heterocycles. The van der Waals surface area contributed by atoms with Gasteiger partial charge in [-0.25, -0.2) is 0 Å². The van der Waals surface area contributed by atoms with Gasteiger partial charge in [-0.3, -0.25) is 4.79 Å². The van der Waals surface area contributed by atoms with Crippen LogP contribution in [-0.4, -0.2) is 12.3 Å². The van der Waals surface area contributed by atoms with Crippen molar-refractivity contribution < 1.29 is 4.79 Å². The highest BCUT2D eigenvalue weighted by Gasteiger charge is 2.30. The highest BCUT2D eigenvalue weighted by molar-refractivity contribution is 6.02. The molecule has 74 valence electrons. The number of benzene rings is 1. The Balaban J connectivity index is 2.53. The Hall–Kier alpha value is -1.15. The van der Waals surface area contributed by atoms with Gasteiger partial charge in [-0.2, -0.15) is 0 Å². The molecule has 1 atom stereocenters.